The van der Waals surface area contributed by atoms with Crippen molar-refractivity contribution in [3.05, 3.63) is 64.9 Å². The molecule has 1 atom stereocenters. The molecule has 1 aromatic heterocycles. The van der Waals surface area contributed by atoms with Gasteiger partial charge >= 0.3 is 12.1 Å². The molecule has 0 spiro atoms. The average molecular weight is 419 g/mol. The molecule has 5 nitrogen and oxygen atoms in total. The third-order valence-corrected chi connectivity index (χ3v) is 4.84. The molecule has 30 heavy (non-hydrogen) atoms. The summed E-state index contributed by atoms with van der Waals surface area (Å²) in [5.41, 5.74) is 1.91. The monoisotopic (exact) mass is 419 g/mol. The molecule has 0 saturated carbocycles. The van der Waals surface area contributed by atoms with Crippen LogP contribution in [0.3, 0.4) is 0 Å². The summed E-state index contributed by atoms with van der Waals surface area (Å²) in [4.78, 5) is 24.5. The number of halogens is 3. The van der Waals surface area contributed by atoms with Crippen molar-refractivity contribution in [2.75, 3.05) is 5.32 Å². The molecule has 3 aromatic rings. The van der Waals surface area contributed by atoms with Gasteiger partial charge in [-0.15, -0.1) is 0 Å². The summed E-state index contributed by atoms with van der Waals surface area (Å²) < 4.78 is 49.8. The number of hydrogen-bond acceptors (Lipinski definition) is 4. The van der Waals surface area contributed by atoms with E-state index in [1.165, 1.54) is 25.3 Å². The number of ether oxygens (including phenoxy) is 1. The van der Waals surface area contributed by atoms with Crippen LogP contribution in [0.4, 0.5) is 18.9 Å². The minimum atomic E-state index is -4.62. The highest BCUT2D eigenvalue weighted by molar-refractivity contribution is 5.96. The zero-order valence-corrected chi connectivity index (χ0v) is 16.6. The Morgan fingerprint density at radius 2 is 1.83 bits per heavy atom. The number of aryl methyl sites for hydroxylation is 2. The molecule has 3 rings (SSSR count). The number of benzene rings is 2. The highest BCUT2D eigenvalue weighted by Gasteiger charge is 2.34. The molecule has 0 aliphatic rings. The standard InChI is InChI=1S/C22H20F3NO4/c1-12-8-9-16-15(11-29-20(16)13(12)2)10-19(27)30-14(3)21(28)26-18-7-5-4-6-17(18)22(23,24)25/h4-9,11,14H,10H2,1-3H3,(H,26,28)/t14-/m0/s1. The van der Waals surface area contributed by atoms with Gasteiger partial charge in [-0.25, -0.2) is 0 Å². The lowest BCUT2D eigenvalue weighted by molar-refractivity contribution is -0.152. The van der Waals surface area contributed by atoms with Crippen LogP contribution < -0.4 is 5.32 Å². The Hall–Kier alpha value is -3.29. The van der Waals surface area contributed by atoms with Crippen molar-refractivity contribution in [2.45, 2.75) is 39.5 Å². The van der Waals surface area contributed by atoms with Crippen molar-refractivity contribution in [1.29, 1.82) is 0 Å². The lowest BCUT2D eigenvalue weighted by Crippen LogP contribution is -2.31. The number of amides is 1. The second-order valence-corrected chi connectivity index (χ2v) is 6.99. The van der Waals surface area contributed by atoms with Crippen LogP contribution in [-0.4, -0.2) is 18.0 Å². The first-order valence-electron chi connectivity index (χ1n) is 9.20. The van der Waals surface area contributed by atoms with Crippen LogP contribution >= 0.6 is 0 Å². The molecular weight excluding hydrogens is 399 g/mol. The van der Waals surface area contributed by atoms with Gasteiger partial charge in [0, 0.05) is 10.9 Å². The summed E-state index contributed by atoms with van der Waals surface area (Å²) in [6.45, 7) is 5.15. The van der Waals surface area contributed by atoms with Crippen molar-refractivity contribution in [1.82, 2.24) is 0 Å². The average Bonchev–Trinajstić information content (AvgIpc) is 3.07. The number of nitrogens with one attached hydrogen (secondary N) is 1. The van der Waals surface area contributed by atoms with E-state index in [4.69, 9.17) is 9.15 Å². The van der Waals surface area contributed by atoms with Gasteiger partial charge in [-0.05, 0) is 44.0 Å². The molecule has 1 amide bonds. The van der Waals surface area contributed by atoms with Crippen molar-refractivity contribution < 1.29 is 31.9 Å². The van der Waals surface area contributed by atoms with E-state index in [-0.39, 0.29) is 6.42 Å². The SMILES string of the molecule is Cc1ccc2c(CC(=O)O[C@@H](C)C(=O)Nc3ccccc3C(F)(F)F)coc2c1C. The number of rotatable bonds is 5. The zero-order chi connectivity index (χ0) is 22.1. The molecule has 0 aliphatic heterocycles. The van der Waals surface area contributed by atoms with Crippen LogP contribution in [0.2, 0.25) is 0 Å². The van der Waals surface area contributed by atoms with E-state index in [0.717, 1.165) is 28.6 Å². The molecule has 0 radical (unpaired) electrons. The molecule has 1 heterocycles. The van der Waals surface area contributed by atoms with Crippen molar-refractivity contribution in [2.24, 2.45) is 0 Å². The maximum Gasteiger partial charge on any atom is 0.418 e. The summed E-state index contributed by atoms with van der Waals surface area (Å²) in [5.74, 6) is -1.55. The Bertz CT molecular complexity index is 1100. The second kappa shape index (κ2) is 8.22. The lowest BCUT2D eigenvalue weighted by Gasteiger charge is -2.16. The minimum Gasteiger partial charge on any atom is -0.464 e. The van der Waals surface area contributed by atoms with Crippen molar-refractivity contribution in [3.63, 3.8) is 0 Å². The fraction of sp³-hybridized carbons (Fsp3) is 0.273. The van der Waals surface area contributed by atoms with Gasteiger partial charge in [0.05, 0.1) is 23.9 Å². The van der Waals surface area contributed by atoms with E-state index >= 15 is 0 Å². The van der Waals surface area contributed by atoms with E-state index in [0.29, 0.717) is 11.1 Å². The van der Waals surface area contributed by atoms with Gasteiger partial charge in [0.25, 0.3) is 5.91 Å². The molecule has 0 unspecified atom stereocenters. The van der Waals surface area contributed by atoms with Gasteiger partial charge in [0.2, 0.25) is 0 Å². The first kappa shape index (κ1) is 21.4. The smallest absolute Gasteiger partial charge is 0.418 e. The second-order valence-electron chi connectivity index (χ2n) is 6.99. The number of fused-ring (bicyclic) bond motifs is 1. The predicted octanol–water partition coefficient (Wildman–Crippen LogP) is 5.18. The predicted molar refractivity (Wildman–Crippen MR) is 105 cm³/mol. The number of esters is 1. The number of hydrogen-bond donors (Lipinski definition) is 1. The van der Waals surface area contributed by atoms with Crippen LogP contribution in [0.5, 0.6) is 0 Å². The van der Waals surface area contributed by atoms with Gasteiger partial charge in [-0.1, -0.05) is 24.3 Å². The molecule has 8 heteroatoms. The van der Waals surface area contributed by atoms with Crippen molar-refractivity contribution >= 4 is 28.5 Å². The van der Waals surface area contributed by atoms with E-state index < -0.39 is 35.4 Å². The van der Waals surface area contributed by atoms with Gasteiger partial charge in [-0.3, -0.25) is 9.59 Å². The summed E-state index contributed by atoms with van der Waals surface area (Å²) in [6, 6.07) is 8.34. The summed E-state index contributed by atoms with van der Waals surface area (Å²) in [6.07, 6.45) is -4.57. The molecule has 0 aliphatic carbocycles. The third-order valence-electron chi connectivity index (χ3n) is 4.84. The molecule has 0 fully saturated rings. The largest absolute Gasteiger partial charge is 0.464 e. The third kappa shape index (κ3) is 4.48. The molecule has 1 N–H and O–H groups in total. The summed E-state index contributed by atoms with van der Waals surface area (Å²) >= 11 is 0. The van der Waals surface area contributed by atoms with Gasteiger partial charge in [-0.2, -0.15) is 13.2 Å². The Morgan fingerprint density at radius 1 is 1.13 bits per heavy atom. The Morgan fingerprint density at radius 3 is 2.53 bits per heavy atom. The van der Waals surface area contributed by atoms with Crippen LogP contribution in [0.15, 0.2) is 47.1 Å². The number of furan rings is 1. The first-order valence-corrected chi connectivity index (χ1v) is 9.20. The normalized spacial score (nSPS) is 12.6. The maximum atomic E-state index is 13.1. The lowest BCUT2D eigenvalue weighted by atomic mass is 10.0. The molecule has 0 saturated heterocycles. The minimum absolute atomic E-state index is 0.133. The number of carbonyl (C=O) groups is 2. The van der Waals surface area contributed by atoms with Crippen LogP contribution in [0.25, 0.3) is 11.0 Å². The van der Waals surface area contributed by atoms with E-state index in [1.54, 1.807) is 0 Å². The van der Waals surface area contributed by atoms with Crippen molar-refractivity contribution in [3.8, 4) is 0 Å². The van der Waals surface area contributed by atoms with E-state index in [9.17, 15) is 22.8 Å². The quantitative estimate of drug-likeness (QED) is 0.579. The topological polar surface area (TPSA) is 68.5 Å². The maximum absolute atomic E-state index is 13.1. The van der Waals surface area contributed by atoms with E-state index in [2.05, 4.69) is 5.32 Å². The highest BCUT2D eigenvalue weighted by Crippen LogP contribution is 2.34. The van der Waals surface area contributed by atoms with Crippen LogP contribution in [-0.2, 0) is 26.9 Å². The highest BCUT2D eigenvalue weighted by atomic mass is 19.4. The Labute approximate surface area is 170 Å². The number of alkyl halides is 3. The molecule has 2 aromatic carbocycles. The molecular formula is C22H20F3NO4. The number of carbonyl (C=O) groups excluding carboxylic acids is 2. The summed E-state index contributed by atoms with van der Waals surface area (Å²) in [5, 5.41) is 2.94. The van der Waals surface area contributed by atoms with Crippen LogP contribution in [0, 0.1) is 13.8 Å². The Kier molecular flexibility index (Phi) is 5.87. The first-order chi connectivity index (χ1) is 14.1. The zero-order valence-electron chi connectivity index (χ0n) is 16.6. The number of para-hydroxylation sites is 1. The molecule has 158 valence electrons. The fourth-order valence-corrected chi connectivity index (χ4v) is 3.05. The van der Waals surface area contributed by atoms with Crippen LogP contribution in [0.1, 0.15) is 29.2 Å². The van der Waals surface area contributed by atoms with Gasteiger partial charge in [0.1, 0.15) is 5.58 Å². The summed E-state index contributed by atoms with van der Waals surface area (Å²) in [7, 11) is 0. The van der Waals surface area contributed by atoms with Gasteiger partial charge < -0.3 is 14.5 Å². The molecule has 0 bridgehead atoms. The van der Waals surface area contributed by atoms with E-state index in [1.807, 2.05) is 26.0 Å². The fourth-order valence-electron chi connectivity index (χ4n) is 3.05. The Balaban J connectivity index is 1.67. The van der Waals surface area contributed by atoms with Gasteiger partial charge in [0.15, 0.2) is 6.10 Å². The number of anilines is 1.